The lowest BCUT2D eigenvalue weighted by Crippen LogP contribution is -2.62. The molecule has 1 aromatic carbocycles. The third-order valence-corrected chi connectivity index (χ3v) is 14.5. The number of carbonyl (C=O) groups is 5. The molecule has 0 bridgehead atoms. The molecule has 4 heterocycles. The van der Waals surface area contributed by atoms with Gasteiger partial charge in [0.25, 0.3) is 0 Å². The van der Waals surface area contributed by atoms with Crippen LogP contribution in [0.5, 0.6) is 0 Å². The number of nitrogens with one attached hydrogen (secondary N) is 1. The van der Waals surface area contributed by atoms with Crippen molar-refractivity contribution in [3.8, 4) is 0 Å². The number of esters is 2. The number of amides is 1. The minimum atomic E-state index is -1.42. The molecule has 378 valence electrons. The molecule has 1 amide bonds. The Labute approximate surface area is 395 Å². The zero-order chi connectivity index (χ0) is 49.8. The van der Waals surface area contributed by atoms with E-state index in [1.807, 2.05) is 77.0 Å². The fourth-order valence-electron chi connectivity index (χ4n) is 10.7. The zero-order valence-electron chi connectivity index (χ0n) is 42.1. The maximum absolute atomic E-state index is 14.8. The molecule has 4 aliphatic heterocycles. The maximum atomic E-state index is 14.8. The zero-order valence-corrected chi connectivity index (χ0v) is 42.1. The van der Waals surface area contributed by atoms with Crippen molar-refractivity contribution in [2.75, 3.05) is 28.3 Å². The van der Waals surface area contributed by atoms with Gasteiger partial charge in [0.1, 0.15) is 24.1 Å². The van der Waals surface area contributed by atoms with Gasteiger partial charge in [0, 0.05) is 45.3 Å². The van der Waals surface area contributed by atoms with E-state index in [0.29, 0.717) is 6.42 Å². The fourth-order valence-corrected chi connectivity index (χ4v) is 10.7. The summed E-state index contributed by atoms with van der Waals surface area (Å²) in [5, 5.41) is 2.84. The van der Waals surface area contributed by atoms with Gasteiger partial charge in [0.2, 0.25) is 0 Å². The van der Waals surface area contributed by atoms with Gasteiger partial charge < -0.3 is 62.3 Å². The summed E-state index contributed by atoms with van der Waals surface area (Å²) >= 11 is 0. The largest absolute Gasteiger partial charge is 0.509 e. The number of alkyl carbamates (subject to hydrolysis) is 1. The summed E-state index contributed by atoms with van der Waals surface area (Å²) in [6, 6.07) is 8.05. The summed E-state index contributed by atoms with van der Waals surface area (Å²) in [5.41, 5.74) is -3.12. The molecule has 5 rings (SSSR count). The molecular formula is C49H76N2O16. The van der Waals surface area contributed by atoms with Gasteiger partial charge in [0.15, 0.2) is 30.4 Å². The number of cyclic esters (lactones) is 1. The van der Waals surface area contributed by atoms with Gasteiger partial charge in [-0.3, -0.25) is 14.4 Å². The number of fused-ring (bicyclic) bond motifs is 1. The van der Waals surface area contributed by atoms with Crippen LogP contribution in [0.1, 0.15) is 107 Å². The van der Waals surface area contributed by atoms with Gasteiger partial charge in [-0.1, -0.05) is 58.0 Å². The van der Waals surface area contributed by atoms with Crippen molar-refractivity contribution in [1.29, 1.82) is 0 Å². The van der Waals surface area contributed by atoms with Crippen molar-refractivity contribution in [2.45, 2.75) is 193 Å². The van der Waals surface area contributed by atoms with Crippen molar-refractivity contribution in [3.63, 3.8) is 0 Å². The van der Waals surface area contributed by atoms with Crippen LogP contribution in [0.3, 0.4) is 0 Å². The van der Waals surface area contributed by atoms with Crippen LogP contribution in [-0.4, -0.2) is 147 Å². The number of hydrogen-bond donors (Lipinski definition) is 1. The van der Waals surface area contributed by atoms with Gasteiger partial charge >= 0.3 is 24.2 Å². The number of ketones is 1. The molecule has 1 aromatic rings. The Morgan fingerprint density at radius 2 is 1.48 bits per heavy atom. The van der Waals surface area contributed by atoms with Crippen molar-refractivity contribution >= 4 is 30.0 Å². The smallest absolute Gasteiger partial charge is 0.458 e. The minimum Gasteiger partial charge on any atom is -0.458 e. The molecule has 1 N–H and O–H groups in total. The van der Waals surface area contributed by atoms with Crippen LogP contribution in [0, 0.1) is 23.7 Å². The van der Waals surface area contributed by atoms with Crippen molar-refractivity contribution in [1.82, 2.24) is 10.2 Å². The number of ether oxygens (including phenoxy) is 11. The number of carbonyl (C=O) groups excluding carboxylic acids is 5. The molecule has 0 unspecified atom stereocenters. The minimum absolute atomic E-state index is 0.0000903. The Bertz CT molecular complexity index is 1870. The van der Waals surface area contributed by atoms with Crippen LogP contribution in [0.2, 0.25) is 0 Å². The Hall–Kier alpha value is -3.91. The van der Waals surface area contributed by atoms with Crippen molar-refractivity contribution in [2.24, 2.45) is 23.7 Å². The van der Waals surface area contributed by atoms with E-state index in [1.54, 1.807) is 41.5 Å². The van der Waals surface area contributed by atoms with E-state index >= 15 is 0 Å². The highest BCUT2D eigenvalue weighted by atomic mass is 16.8. The average Bonchev–Trinajstić information content (AvgIpc) is 3.60. The summed E-state index contributed by atoms with van der Waals surface area (Å²) in [5.74, 6) is -4.69. The molecule has 4 aliphatic rings. The number of rotatable bonds is 12. The lowest BCUT2D eigenvalue weighted by molar-refractivity contribution is -0.320. The number of likely N-dealkylation sites (N-methyl/N-ethyl adjacent to an activating group) is 1. The summed E-state index contributed by atoms with van der Waals surface area (Å²) in [7, 11) is 6.79. The van der Waals surface area contributed by atoms with Crippen LogP contribution in [-0.2, 0) is 73.1 Å². The first-order chi connectivity index (χ1) is 31.4. The highest BCUT2D eigenvalue weighted by Crippen LogP contribution is 2.43. The van der Waals surface area contributed by atoms with Gasteiger partial charge in [-0.25, -0.2) is 9.59 Å². The first kappa shape index (κ1) is 54.0. The molecule has 67 heavy (non-hydrogen) atoms. The van der Waals surface area contributed by atoms with Gasteiger partial charge in [0.05, 0.1) is 48.0 Å². The van der Waals surface area contributed by atoms with Crippen LogP contribution in [0.4, 0.5) is 9.59 Å². The van der Waals surface area contributed by atoms with E-state index in [2.05, 4.69) is 5.32 Å². The second-order valence-electron chi connectivity index (χ2n) is 19.9. The third-order valence-electron chi connectivity index (χ3n) is 14.5. The Balaban J connectivity index is 1.58. The Morgan fingerprint density at radius 3 is 2.07 bits per heavy atom. The SMILES string of the molecule is CC[C@H]1OC(=O)[C@H](C)[C@@H](O[C@H]2C[C@@](C)(OC)[C@@H](OC(=O)OCc3ccccc3)[C@H](C)O2)[C@H](C)[C@@H](O[C@@H]2O[C@H](C)C[C@H](N(C)C)[C@H]2OC(C)=O)[C@](C)(OC)C[C@@H](C)C(=O)[C@H](C)[C@H]2NC(=O)O[C@@]21C. The van der Waals surface area contributed by atoms with E-state index in [0.717, 1.165) is 5.56 Å². The lowest BCUT2D eigenvalue weighted by Gasteiger charge is -2.50. The van der Waals surface area contributed by atoms with E-state index in [-0.39, 0.29) is 43.8 Å². The quantitative estimate of drug-likeness (QED) is 0.185. The van der Waals surface area contributed by atoms with Crippen LogP contribution in [0.15, 0.2) is 30.3 Å². The number of Topliss-reactive ketones (excluding diaryl/α,β-unsaturated/α-hetero) is 1. The monoisotopic (exact) mass is 949 g/mol. The molecule has 0 spiro atoms. The van der Waals surface area contributed by atoms with Crippen LogP contribution in [0.25, 0.3) is 0 Å². The molecule has 18 nitrogen and oxygen atoms in total. The highest BCUT2D eigenvalue weighted by Gasteiger charge is 2.58. The Morgan fingerprint density at radius 1 is 0.836 bits per heavy atom. The Kier molecular flexibility index (Phi) is 17.9. The average molecular weight is 949 g/mol. The summed E-state index contributed by atoms with van der Waals surface area (Å²) in [6.45, 7) is 19.1. The van der Waals surface area contributed by atoms with Gasteiger partial charge in [-0.2, -0.15) is 0 Å². The van der Waals surface area contributed by atoms with Crippen LogP contribution < -0.4 is 5.32 Å². The van der Waals surface area contributed by atoms with Gasteiger partial charge in [-0.05, 0) is 80.5 Å². The molecular weight excluding hydrogens is 873 g/mol. The first-order valence-corrected chi connectivity index (χ1v) is 23.6. The molecule has 0 aromatic heterocycles. The third kappa shape index (κ3) is 12.1. The standard InChI is InChI=1S/C49H76N2O16/c1-16-35-49(11)40(50-45(55)67-49)28(4)37(53)26(2)23-47(9,57-14)41(65-44-39(62-32(8)52)34(51(12)13)22-27(3)60-44)29(5)38(30(6)43(54)63-35)64-36-24-48(10,58-15)42(31(7)61-36)66-46(56)59-25-33-20-18-17-19-21-33/h17-21,26-31,34-36,38-42,44H,16,22-25H2,1-15H3,(H,50,55)/t26-,27-,28+,29+,30-,31+,34+,35-,36+,38+,39-,40-,41-,42+,44+,47-,48-,49-/m1/s1. The summed E-state index contributed by atoms with van der Waals surface area (Å²) < 4.78 is 69.1. The lowest BCUT2D eigenvalue weighted by atomic mass is 9.73. The predicted molar refractivity (Wildman–Crippen MR) is 241 cm³/mol. The van der Waals surface area contributed by atoms with Crippen LogP contribution >= 0.6 is 0 Å². The molecule has 0 radical (unpaired) electrons. The van der Waals surface area contributed by atoms with E-state index in [9.17, 15) is 24.0 Å². The number of hydrogen-bond acceptors (Lipinski definition) is 17. The van der Waals surface area contributed by atoms with E-state index in [4.69, 9.17) is 52.1 Å². The molecule has 18 heteroatoms. The fraction of sp³-hybridized carbons (Fsp3) is 0.776. The second-order valence-corrected chi connectivity index (χ2v) is 19.9. The summed E-state index contributed by atoms with van der Waals surface area (Å²) in [6.07, 6.45) is -8.94. The highest BCUT2D eigenvalue weighted by molar-refractivity contribution is 5.85. The number of nitrogens with zero attached hydrogens (tertiary/aromatic N) is 1. The topological polar surface area (TPSA) is 202 Å². The van der Waals surface area contributed by atoms with Gasteiger partial charge in [-0.15, -0.1) is 0 Å². The number of methoxy groups -OCH3 is 2. The second kappa shape index (κ2) is 22.2. The molecule has 0 aliphatic carbocycles. The first-order valence-electron chi connectivity index (χ1n) is 23.6. The summed E-state index contributed by atoms with van der Waals surface area (Å²) in [4.78, 5) is 70.1. The molecule has 18 atom stereocenters. The molecule has 4 saturated heterocycles. The normalized spacial score (nSPS) is 41.0. The van der Waals surface area contributed by atoms with E-state index in [1.165, 1.54) is 21.1 Å². The number of benzene rings is 1. The molecule has 4 fully saturated rings. The van der Waals surface area contributed by atoms with E-state index < -0.39 is 120 Å². The predicted octanol–water partition coefficient (Wildman–Crippen LogP) is 6.13. The van der Waals surface area contributed by atoms with Crippen molar-refractivity contribution < 1.29 is 76.1 Å². The molecule has 0 saturated carbocycles. The van der Waals surface area contributed by atoms with Crippen molar-refractivity contribution in [3.05, 3.63) is 35.9 Å². The maximum Gasteiger partial charge on any atom is 0.509 e.